The molecule has 0 saturated heterocycles. The predicted octanol–water partition coefficient (Wildman–Crippen LogP) is 3.46. The Morgan fingerprint density at radius 1 is 1.20 bits per heavy atom. The van der Waals surface area contributed by atoms with Crippen molar-refractivity contribution in [1.82, 2.24) is 0 Å². The van der Waals surface area contributed by atoms with E-state index in [1.807, 2.05) is 12.2 Å². The Hall–Kier alpha value is 1.14. The van der Waals surface area contributed by atoms with Gasteiger partial charge in [0.1, 0.15) is 0 Å². The van der Waals surface area contributed by atoms with Gasteiger partial charge in [-0.15, -0.1) is 0 Å². The number of hydrogen-bond acceptors (Lipinski definition) is 2. The standard InChI is InChI=1S/C9H14O2.3ClH.Hf/c1-10-7-9(11-2)8-5-3-4-6-8;;;;/h3-6,8-9H,7H2,1-2H3;3*1H;/q;;;;+3/p-3. The van der Waals surface area contributed by atoms with Gasteiger partial charge < -0.3 is 9.47 Å². The summed E-state index contributed by atoms with van der Waals surface area (Å²) < 4.78 is 10.3. The van der Waals surface area contributed by atoms with Crippen LogP contribution < -0.4 is 0 Å². The summed E-state index contributed by atoms with van der Waals surface area (Å²) in [7, 11) is 18.5. The van der Waals surface area contributed by atoms with E-state index in [1.165, 1.54) is 0 Å². The van der Waals surface area contributed by atoms with Crippen LogP contribution in [0, 0.1) is 5.92 Å². The molecule has 0 bridgehead atoms. The van der Waals surface area contributed by atoms with Crippen LogP contribution in [0.25, 0.3) is 0 Å². The average Bonchev–Trinajstić information content (AvgIpc) is 2.66. The van der Waals surface area contributed by atoms with Crippen LogP contribution in [0.2, 0.25) is 0 Å². The molecule has 1 atom stereocenters. The summed E-state index contributed by atoms with van der Waals surface area (Å²) in [6.45, 7) is 0.649. The summed E-state index contributed by atoms with van der Waals surface area (Å²) in [5.41, 5.74) is 0. The monoisotopic (exact) mass is 439 g/mol. The molecule has 0 heterocycles. The maximum atomic E-state index is 5.25. The van der Waals surface area contributed by atoms with E-state index in [1.54, 1.807) is 14.2 Å². The molecule has 0 aromatic rings. The van der Waals surface area contributed by atoms with Gasteiger partial charge in [0.25, 0.3) is 0 Å². The number of hydrogen-bond donors (Lipinski definition) is 0. The van der Waals surface area contributed by atoms with Gasteiger partial charge in [-0.1, -0.05) is 24.3 Å². The van der Waals surface area contributed by atoms with Gasteiger partial charge in [-0.25, -0.2) is 0 Å². The van der Waals surface area contributed by atoms with E-state index in [0.717, 1.165) is 0 Å². The van der Waals surface area contributed by atoms with Crippen LogP contribution in [-0.2, 0) is 27.4 Å². The molecule has 0 spiro atoms. The first-order valence-electron chi connectivity index (χ1n) is 4.32. The normalized spacial score (nSPS) is 16.1. The van der Waals surface area contributed by atoms with Crippen LogP contribution >= 0.6 is 25.7 Å². The van der Waals surface area contributed by atoms with Gasteiger partial charge in [0, 0.05) is 20.1 Å². The molecular weight excluding hydrogens is 425 g/mol. The second-order valence-corrected chi connectivity index (χ2v) is 18.4. The molecule has 0 aromatic carbocycles. The fourth-order valence-corrected chi connectivity index (χ4v) is 1.20. The Morgan fingerprint density at radius 2 is 1.67 bits per heavy atom. The molecule has 6 heteroatoms. The SMILES string of the molecule is COCC(OC)C1C=CC=C1.[Cl][Hf]([Cl])[Cl]. The molecule has 0 aliphatic heterocycles. The van der Waals surface area contributed by atoms with Crippen molar-refractivity contribution in [3.63, 3.8) is 0 Å². The van der Waals surface area contributed by atoms with Crippen LogP contribution in [0.15, 0.2) is 24.3 Å². The Kier molecular flexibility index (Phi) is 11.1. The number of rotatable bonds is 4. The molecule has 0 radical (unpaired) electrons. The number of methoxy groups -OCH3 is 2. The average molecular weight is 439 g/mol. The third kappa shape index (κ3) is 8.90. The topological polar surface area (TPSA) is 18.5 Å². The molecule has 0 fully saturated rings. The Balaban J connectivity index is 0.000000423. The van der Waals surface area contributed by atoms with E-state index in [9.17, 15) is 0 Å². The molecule has 1 unspecified atom stereocenters. The summed E-state index contributed by atoms with van der Waals surface area (Å²) in [6, 6.07) is 0. The van der Waals surface area contributed by atoms with Crippen molar-refractivity contribution in [3.8, 4) is 0 Å². The molecule has 1 aliphatic carbocycles. The van der Waals surface area contributed by atoms with Gasteiger partial charge in [-0.05, 0) is 0 Å². The van der Waals surface area contributed by atoms with Crippen molar-refractivity contribution < 1.29 is 27.4 Å². The zero-order valence-corrected chi connectivity index (χ0v) is 14.5. The van der Waals surface area contributed by atoms with E-state index < -0.39 is 17.9 Å². The van der Waals surface area contributed by atoms with E-state index in [2.05, 4.69) is 12.2 Å². The van der Waals surface area contributed by atoms with Crippen LogP contribution in [-0.4, -0.2) is 26.9 Å². The molecule has 0 N–H and O–H groups in total. The predicted molar refractivity (Wildman–Crippen MR) is 62.0 cm³/mol. The minimum atomic E-state index is -2.24. The number of halogens is 3. The fourth-order valence-electron chi connectivity index (χ4n) is 1.20. The zero-order chi connectivity index (χ0) is 11.7. The molecule has 2 nitrogen and oxygen atoms in total. The molecule has 1 rings (SSSR count). The summed E-state index contributed by atoms with van der Waals surface area (Å²) in [6.07, 6.45) is 8.47. The summed E-state index contributed by atoms with van der Waals surface area (Å²) in [5, 5.41) is 0. The molecule has 0 aromatic heterocycles. The third-order valence-electron chi connectivity index (χ3n) is 1.84. The molecule has 87 valence electrons. The van der Waals surface area contributed by atoms with E-state index in [0.29, 0.717) is 12.5 Å². The first-order valence-corrected chi connectivity index (χ1v) is 17.7. The van der Waals surface area contributed by atoms with Gasteiger partial charge >= 0.3 is 43.6 Å². The van der Waals surface area contributed by atoms with Crippen LogP contribution in [0.4, 0.5) is 0 Å². The van der Waals surface area contributed by atoms with Crippen LogP contribution in [0.1, 0.15) is 0 Å². The molecular formula is C9H14Cl3HfO2. The van der Waals surface area contributed by atoms with Crippen molar-refractivity contribution in [2.75, 3.05) is 20.8 Å². The number of allylic oxidation sites excluding steroid dienone is 2. The molecule has 0 saturated carbocycles. The van der Waals surface area contributed by atoms with Gasteiger partial charge in [-0.3, -0.25) is 0 Å². The molecule has 15 heavy (non-hydrogen) atoms. The van der Waals surface area contributed by atoms with Crippen molar-refractivity contribution >= 4 is 25.7 Å². The first kappa shape index (κ1) is 16.1. The first-order chi connectivity index (χ1) is 7.11. The van der Waals surface area contributed by atoms with E-state index in [4.69, 9.17) is 35.2 Å². The third-order valence-corrected chi connectivity index (χ3v) is 1.84. The van der Waals surface area contributed by atoms with Crippen LogP contribution in [0.5, 0.6) is 0 Å². The molecule has 1 aliphatic rings. The second-order valence-electron chi connectivity index (χ2n) is 2.79. The van der Waals surface area contributed by atoms with Crippen molar-refractivity contribution in [2.24, 2.45) is 5.92 Å². The maximum absolute atomic E-state index is 5.25. The summed E-state index contributed by atoms with van der Waals surface area (Å²) in [5.74, 6) is 0.389. The zero-order valence-electron chi connectivity index (χ0n) is 8.62. The number of ether oxygens (including phenoxy) is 2. The van der Waals surface area contributed by atoms with E-state index in [-0.39, 0.29) is 6.10 Å². The molecule has 0 amide bonds. The second kappa shape index (κ2) is 10.3. The van der Waals surface area contributed by atoms with Crippen molar-refractivity contribution in [3.05, 3.63) is 24.3 Å². The van der Waals surface area contributed by atoms with Gasteiger partial charge in [-0.2, -0.15) is 0 Å². The van der Waals surface area contributed by atoms with Crippen molar-refractivity contribution in [2.45, 2.75) is 6.10 Å². The van der Waals surface area contributed by atoms with Crippen LogP contribution in [0.3, 0.4) is 0 Å². The Morgan fingerprint density at radius 3 is 2.00 bits per heavy atom. The van der Waals surface area contributed by atoms with Gasteiger partial charge in [0.15, 0.2) is 0 Å². The Labute approximate surface area is 109 Å². The summed E-state index contributed by atoms with van der Waals surface area (Å²) >= 11 is -2.24. The Bertz CT molecular complexity index is 195. The van der Waals surface area contributed by atoms with Gasteiger partial charge in [0.05, 0.1) is 12.7 Å². The van der Waals surface area contributed by atoms with Gasteiger partial charge in [0.2, 0.25) is 0 Å². The van der Waals surface area contributed by atoms with Crippen molar-refractivity contribution in [1.29, 1.82) is 0 Å². The fraction of sp³-hybridized carbons (Fsp3) is 0.556. The quantitative estimate of drug-likeness (QED) is 0.626. The summed E-state index contributed by atoms with van der Waals surface area (Å²) in [4.78, 5) is 0. The minimum absolute atomic E-state index is 0.162. The van der Waals surface area contributed by atoms with E-state index >= 15 is 0 Å².